The van der Waals surface area contributed by atoms with E-state index in [1.54, 1.807) is 31.8 Å². The van der Waals surface area contributed by atoms with Crippen LogP contribution in [-0.4, -0.2) is 18.2 Å². The van der Waals surface area contributed by atoms with Crippen LogP contribution in [0.2, 0.25) is 0 Å². The Morgan fingerprint density at radius 2 is 2.00 bits per heavy atom. The number of hydrogen-bond donors (Lipinski definition) is 2. The largest absolute Gasteiger partial charge is 0.465 e. The van der Waals surface area contributed by atoms with Crippen LogP contribution < -0.4 is 10.5 Å². The molecule has 2 rings (SSSR count). The van der Waals surface area contributed by atoms with Crippen molar-refractivity contribution in [3.63, 3.8) is 0 Å². The minimum absolute atomic E-state index is 0.116. The van der Waals surface area contributed by atoms with Crippen LogP contribution in [0.25, 0.3) is 0 Å². The summed E-state index contributed by atoms with van der Waals surface area (Å²) in [6, 6.07) is 0. The lowest BCUT2D eigenvalue weighted by molar-refractivity contribution is 0.494. The molecule has 0 radical (unpaired) electrons. The molecule has 3 N–H and O–H groups in total. The molecule has 0 atom stereocenters. The predicted molar refractivity (Wildman–Crippen MR) is 78.0 cm³/mol. The molecule has 0 bridgehead atoms. The van der Waals surface area contributed by atoms with Gasteiger partial charge in [-0.25, -0.2) is 13.1 Å². The molecule has 0 saturated carbocycles. The van der Waals surface area contributed by atoms with E-state index in [0.717, 1.165) is 11.3 Å². The van der Waals surface area contributed by atoms with Crippen molar-refractivity contribution >= 4 is 10.0 Å². The summed E-state index contributed by atoms with van der Waals surface area (Å²) in [6.07, 6.45) is 1.79. The second-order valence-corrected chi connectivity index (χ2v) is 6.67. The molecule has 2 aromatic rings. The van der Waals surface area contributed by atoms with E-state index < -0.39 is 10.0 Å². The minimum atomic E-state index is -3.68. The average molecular weight is 312 g/mol. The van der Waals surface area contributed by atoms with Gasteiger partial charge in [-0.2, -0.15) is 5.10 Å². The topological polar surface area (TPSA) is 103 Å². The van der Waals surface area contributed by atoms with Gasteiger partial charge in [-0.05, 0) is 20.8 Å². The first-order valence-corrected chi connectivity index (χ1v) is 8.02. The first-order valence-electron chi connectivity index (χ1n) is 6.54. The third-order valence-electron chi connectivity index (χ3n) is 3.37. The van der Waals surface area contributed by atoms with Crippen molar-refractivity contribution in [2.75, 3.05) is 0 Å². The standard InChI is InChI=1S/C13H20N4O3S/c1-8-11(7-17(4)16-8)6-15-21(18,19)13-10(3)20-9(2)12(13)5-14/h7,15H,5-6,14H2,1-4H3. The summed E-state index contributed by atoms with van der Waals surface area (Å²) in [5.74, 6) is 0.885. The molecule has 0 aliphatic rings. The molecule has 0 saturated heterocycles. The molecule has 0 aromatic carbocycles. The Morgan fingerprint density at radius 1 is 1.33 bits per heavy atom. The molecule has 2 aromatic heterocycles. The Bertz CT molecular complexity index is 759. The number of aromatic nitrogens is 2. The van der Waals surface area contributed by atoms with Crippen molar-refractivity contribution in [3.8, 4) is 0 Å². The number of hydrogen-bond acceptors (Lipinski definition) is 5. The normalized spacial score (nSPS) is 12.0. The maximum atomic E-state index is 12.5. The molecule has 21 heavy (non-hydrogen) atoms. The fourth-order valence-corrected chi connectivity index (χ4v) is 3.83. The maximum Gasteiger partial charge on any atom is 0.244 e. The fraction of sp³-hybridized carbons (Fsp3) is 0.462. The van der Waals surface area contributed by atoms with E-state index in [2.05, 4.69) is 9.82 Å². The van der Waals surface area contributed by atoms with Crippen molar-refractivity contribution in [2.45, 2.75) is 38.8 Å². The van der Waals surface area contributed by atoms with E-state index in [0.29, 0.717) is 17.1 Å². The highest BCUT2D eigenvalue weighted by Crippen LogP contribution is 2.26. The Hall–Kier alpha value is -1.64. The van der Waals surface area contributed by atoms with Crippen molar-refractivity contribution in [2.24, 2.45) is 12.8 Å². The Labute approximate surface area is 124 Å². The second-order valence-electron chi connectivity index (χ2n) is 4.96. The Balaban J connectivity index is 2.29. The summed E-state index contributed by atoms with van der Waals surface area (Å²) in [4.78, 5) is 0.143. The van der Waals surface area contributed by atoms with Gasteiger partial charge in [-0.15, -0.1) is 0 Å². The van der Waals surface area contributed by atoms with Gasteiger partial charge in [-0.3, -0.25) is 4.68 Å². The molecular formula is C13H20N4O3S. The van der Waals surface area contributed by atoms with Crippen LogP contribution in [-0.2, 0) is 30.2 Å². The summed E-state index contributed by atoms with van der Waals surface area (Å²) in [7, 11) is -1.89. The number of rotatable bonds is 5. The summed E-state index contributed by atoms with van der Waals surface area (Å²) in [6.45, 7) is 5.46. The van der Waals surface area contributed by atoms with E-state index >= 15 is 0 Å². The zero-order valence-corrected chi connectivity index (χ0v) is 13.4. The molecule has 0 aliphatic carbocycles. The summed E-state index contributed by atoms with van der Waals surface area (Å²) in [5.41, 5.74) is 7.77. The smallest absolute Gasteiger partial charge is 0.244 e. The highest BCUT2D eigenvalue weighted by atomic mass is 32.2. The Kier molecular flexibility index (Phi) is 4.22. The zero-order chi connectivity index (χ0) is 15.8. The van der Waals surface area contributed by atoms with Crippen LogP contribution in [0.1, 0.15) is 28.3 Å². The summed E-state index contributed by atoms with van der Waals surface area (Å²) < 4.78 is 34.6. The van der Waals surface area contributed by atoms with E-state index in [1.807, 2.05) is 6.92 Å². The van der Waals surface area contributed by atoms with Gasteiger partial charge in [0.15, 0.2) is 0 Å². The second kappa shape index (κ2) is 5.63. The van der Waals surface area contributed by atoms with Crippen LogP contribution >= 0.6 is 0 Å². The number of nitrogens with zero attached hydrogens (tertiary/aromatic N) is 2. The molecule has 8 heteroatoms. The van der Waals surface area contributed by atoms with E-state index in [9.17, 15) is 8.42 Å². The molecule has 0 amide bonds. The Morgan fingerprint density at radius 3 is 2.52 bits per heavy atom. The SMILES string of the molecule is Cc1nn(C)cc1CNS(=O)(=O)c1c(C)oc(C)c1CN. The van der Waals surface area contributed by atoms with Crippen molar-refractivity contribution in [1.29, 1.82) is 0 Å². The lowest BCUT2D eigenvalue weighted by Gasteiger charge is -2.07. The maximum absolute atomic E-state index is 12.5. The van der Waals surface area contributed by atoms with Gasteiger partial charge in [0.25, 0.3) is 0 Å². The lowest BCUT2D eigenvalue weighted by Crippen LogP contribution is -2.25. The third-order valence-corrected chi connectivity index (χ3v) is 4.96. The van der Waals surface area contributed by atoms with Gasteiger partial charge in [-0.1, -0.05) is 0 Å². The predicted octanol–water partition coefficient (Wildman–Crippen LogP) is 0.876. The minimum Gasteiger partial charge on any atom is -0.465 e. The van der Waals surface area contributed by atoms with Crippen molar-refractivity contribution in [3.05, 3.63) is 34.5 Å². The highest BCUT2D eigenvalue weighted by Gasteiger charge is 2.26. The van der Waals surface area contributed by atoms with E-state index in [-0.39, 0.29) is 18.0 Å². The number of furan rings is 1. The van der Waals surface area contributed by atoms with Crippen LogP contribution in [0.3, 0.4) is 0 Å². The molecular weight excluding hydrogens is 292 g/mol. The third kappa shape index (κ3) is 3.02. The van der Waals surface area contributed by atoms with Gasteiger partial charge < -0.3 is 10.2 Å². The molecule has 7 nitrogen and oxygen atoms in total. The number of aryl methyl sites for hydroxylation is 4. The van der Waals surface area contributed by atoms with Crippen molar-refractivity contribution < 1.29 is 12.8 Å². The molecule has 0 unspecified atom stereocenters. The van der Waals surface area contributed by atoms with Gasteiger partial charge in [0.05, 0.1) is 5.69 Å². The van der Waals surface area contributed by atoms with E-state index in [4.69, 9.17) is 10.2 Å². The summed E-state index contributed by atoms with van der Waals surface area (Å²) >= 11 is 0. The van der Waals surface area contributed by atoms with Crippen molar-refractivity contribution in [1.82, 2.24) is 14.5 Å². The molecule has 0 aliphatic heterocycles. The molecule has 2 heterocycles. The van der Waals surface area contributed by atoms with Crippen LogP contribution in [0.4, 0.5) is 0 Å². The van der Waals surface area contributed by atoms with E-state index in [1.165, 1.54) is 0 Å². The number of sulfonamides is 1. The highest BCUT2D eigenvalue weighted by molar-refractivity contribution is 7.89. The first-order chi connectivity index (χ1) is 9.76. The van der Waals surface area contributed by atoms with Gasteiger partial charge in [0.2, 0.25) is 10.0 Å². The quantitative estimate of drug-likeness (QED) is 0.853. The fourth-order valence-electron chi connectivity index (χ4n) is 2.36. The summed E-state index contributed by atoms with van der Waals surface area (Å²) in [5, 5.41) is 4.18. The molecule has 116 valence electrons. The number of nitrogens with one attached hydrogen (secondary N) is 1. The van der Waals surface area contributed by atoms with Gasteiger partial charge in [0, 0.05) is 37.5 Å². The average Bonchev–Trinajstić information content (AvgIpc) is 2.85. The van der Waals surface area contributed by atoms with Crippen LogP contribution in [0.15, 0.2) is 15.5 Å². The zero-order valence-electron chi connectivity index (χ0n) is 12.6. The lowest BCUT2D eigenvalue weighted by atomic mass is 10.2. The van der Waals surface area contributed by atoms with Crippen LogP contribution in [0, 0.1) is 20.8 Å². The van der Waals surface area contributed by atoms with Gasteiger partial charge >= 0.3 is 0 Å². The molecule has 0 spiro atoms. The van der Waals surface area contributed by atoms with Gasteiger partial charge in [0.1, 0.15) is 16.4 Å². The number of nitrogens with two attached hydrogens (primary N) is 1. The monoisotopic (exact) mass is 312 g/mol. The first kappa shape index (κ1) is 15.7. The van der Waals surface area contributed by atoms with Crippen LogP contribution in [0.5, 0.6) is 0 Å². The molecule has 0 fully saturated rings.